The van der Waals surface area contributed by atoms with Gasteiger partial charge in [0, 0.05) is 6.04 Å². The molecule has 1 aliphatic rings. The number of hydrogen-bond acceptors (Lipinski definition) is 2. The molecule has 6 heteroatoms. The molecule has 1 rings (SSSR count). The largest absolute Gasteiger partial charge is 0.391 e. The normalized spacial score (nSPS) is 28.6. The van der Waals surface area contributed by atoms with E-state index in [4.69, 9.17) is 5.73 Å². The first-order valence-corrected chi connectivity index (χ1v) is 6.33. The molecule has 1 aliphatic carbocycles. The molecule has 106 valence electrons. The van der Waals surface area contributed by atoms with Crippen molar-refractivity contribution >= 4 is 5.91 Å². The number of nitrogens with two attached hydrogens (primary N) is 1. The van der Waals surface area contributed by atoms with Crippen LogP contribution in [0.25, 0.3) is 0 Å². The number of carbonyl (C=O) groups excluding carboxylic acids is 1. The maximum Gasteiger partial charge on any atom is 0.391 e. The summed E-state index contributed by atoms with van der Waals surface area (Å²) in [6.45, 7) is 3.37. The van der Waals surface area contributed by atoms with Gasteiger partial charge in [0.25, 0.3) is 0 Å². The van der Waals surface area contributed by atoms with E-state index in [9.17, 15) is 18.0 Å². The molecule has 0 aliphatic heterocycles. The summed E-state index contributed by atoms with van der Waals surface area (Å²) in [6.07, 6.45) is -2.51. The number of nitrogens with one attached hydrogen (secondary N) is 1. The molecule has 0 heterocycles. The minimum atomic E-state index is -4.17. The lowest BCUT2D eigenvalue weighted by atomic mass is 9.84. The smallest absolute Gasteiger partial charge is 0.352 e. The van der Waals surface area contributed by atoms with E-state index >= 15 is 0 Å². The Hall–Kier alpha value is -0.780. The zero-order chi connectivity index (χ0) is 14.0. The molecule has 3 N–H and O–H groups in total. The van der Waals surface area contributed by atoms with Gasteiger partial charge in [0.1, 0.15) is 0 Å². The highest BCUT2D eigenvalue weighted by atomic mass is 19.4. The Balaban J connectivity index is 2.56. The van der Waals surface area contributed by atoms with Crippen LogP contribution in [0.5, 0.6) is 0 Å². The fraction of sp³-hybridized carbons (Fsp3) is 0.917. The van der Waals surface area contributed by atoms with Gasteiger partial charge in [-0.25, -0.2) is 0 Å². The van der Waals surface area contributed by atoms with Crippen molar-refractivity contribution in [2.24, 2.45) is 11.7 Å². The molecule has 18 heavy (non-hydrogen) atoms. The molecule has 3 nitrogen and oxygen atoms in total. The van der Waals surface area contributed by atoms with Crippen molar-refractivity contribution < 1.29 is 18.0 Å². The third-order valence-electron chi connectivity index (χ3n) is 3.73. The third-order valence-corrected chi connectivity index (χ3v) is 3.73. The number of amides is 1. The average Bonchev–Trinajstić information content (AvgIpc) is 2.28. The molecule has 0 aromatic rings. The molecule has 0 aromatic heterocycles. The van der Waals surface area contributed by atoms with Gasteiger partial charge >= 0.3 is 6.18 Å². The summed E-state index contributed by atoms with van der Waals surface area (Å²) in [5, 5.41) is 2.65. The number of alkyl halides is 3. The van der Waals surface area contributed by atoms with Gasteiger partial charge in [-0.05, 0) is 32.6 Å². The van der Waals surface area contributed by atoms with Gasteiger partial charge in [0.2, 0.25) is 5.91 Å². The molecule has 1 amide bonds. The average molecular weight is 266 g/mol. The van der Waals surface area contributed by atoms with E-state index in [-0.39, 0.29) is 18.7 Å². The molecule has 0 bridgehead atoms. The lowest BCUT2D eigenvalue weighted by Gasteiger charge is -2.33. The zero-order valence-corrected chi connectivity index (χ0v) is 10.8. The van der Waals surface area contributed by atoms with Crippen molar-refractivity contribution in [2.75, 3.05) is 0 Å². The van der Waals surface area contributed by atoms with Crippen molar-refractivity contribution in [1.29, 1.82) is 0 Å². The molecule has 3 unspecified atom stereocenters. The summed E-state index contributed by atoms with van der Waals surface area (Å²) in [6, 6.07) is -0.410. The minimum absolute atomic E-state index is 0.0327. The highest BCUT2D eigenvalue weighted by molar-refractivity contribution is 5.85. The van der Waals surface area contributed by atoms with E-state index in [1.165, 1.54) is 0 Å². The summed E-state index contributed by atoms with van der Waals surface area (Å²) in [5.41, 5.74) is 4.75. The quantitative estimate of drug-likeness (QED) is 0.824. The van der Waals surface area contributed by atoms with Crippen LogP contribution in [-0.4, -0.2) is 23.7 Å². The van der Waals surface area contributed by atoms with E-state index in [0.717, 1.165) is 0 Å². The van der Waals surface area contributed by atoms with Crippen LogP contribution in [0.2, 0.25) is 0 Å². The van der Waals surface area contributed by atoms with Gasteiger partial charge < -0.3 is 11.1 Å². The van der Waals surface area contributed by atoms with E-state index in [2.05, 4.69) is 5.32 Å². The van der Waals surface area contributed by atoms with Crippen molar-refractivity contribution in [2.45, 2.75) is 63.7 Å². The molecule has 1 fully saturated rings. The summed E-state index contributed by atoms with van der Waals surface area (Å²) in [7, 11) is 0. The molecule has 0 aromatic carbocycles. The van der Waals surface area contributed by atoms with Gasteiger partial charge in [-0.1, -0.05) is 13.3 Å². The Labute approximate surface area is 105 Å². The maximum atomic E-state index is 12.6. The second-order valence-electron chi connectivity index (χ2n) is 5.35. The first-order chi connectivity index (χ1) is 8.16. The number of hydrogen-bond donors (Lipinski definition) is 2. The molecule has 1 saturated carbocycles. The highest BCUT2D eigenvalue weighted by Gasteiger charge is 2.42. The second-order valence-corrected chi connectivity index (χ2v) is 5.35. The van der Waals surface area contributed by atoms with E-state index in [0.29, 0.717) is 19.3 Å². The summed E-state index contributed by atoms with van der Waals surface area (Å²) < 4.78 is 37.8. The van der Waals surface area contributed by atoms with Gasteiger partial charge in [0.15, 0.2) is 0 Å². The van der Waals surface area contributed by atoms with Crippen LogP contribution in [0.15, 0.2) is 0 Å². The fourth-order valence-corrected chi connectivity index (χ4v) is 2.13. The van der Waals surface area contributed by atoms with Crippen LogP contribution < -0.4 is 11.1 Å². The van der Waals surface area contributed by atoms with Crippen LogP contribution in [0.4, 0.5) is 13.2 Å². The van der Waals surface area contributed by atoms with E-state index in [1.54, 1.807) is 13.8 Å². The van der Waals surface area contributed by atoms with Gasteiger partial charge in [-0.15, -0.1) is 0 Å². The Kier molecular flexibility index (Phi) is 4.64. The van der Waals surface area contributed by atoms with Crippen molar-refractivity contribution in [3.8, 4) is 0 Å². The minimum Gasteiger partial charge on any atom is -0.352 e. The number of carbonyl (C=O) groups is 1. The lowest BCUT2D eigenvalue weighted by molar-refractivity contribution is -0.184. The fourth-order valence-electron chi connectivity index (χ4n) is 2.13. The summed E-state index contributed by atoms with van der Waals surface area (Å²) >= 11 is 0. The maximum absolute atomic E-state index is 12.6. The van der Waals surface area contributed by atoms with E-state index < -0.39 is 23.7 Å². The Bertz CT molecular complexity index is 302. The van der Waals surface area contributed by atoms with E-state index in [1.807, 2.05) is 0 Å². The Morgan fingerprint density at radius 3 is 2.50 bits per heavy atom. The summed E-state index contributed by atoms with van der Waals surface area (Å²) in [4.78, 5) is 11.8. The van der Waals surface area contributed by atoms with Gasteiger partial charge in [0.05, 0.1) is 11.5 Å². The van der Waals surface area contributed by atoms with Gasteiger partial charge in [-0.3, -0.25) is 4.79 Å². The predicted octanol–water partition coefficient (Wildman–Crippen LogP) is 2.35. The standard InChI is InChI=1S/C12H21F3N2O/c1-3-11(2,16)10(18)17-9-6-4-5-8(7-9)12(13,14)15/h8-9H,3-7,16H2,1-2H3,(H,17,18). The van der Waals surface area contributed by atoms with Crippen LogP contribution in [0, 0.1) is 5.92 Å². The third kappa shape index (κ3) is 3.86. The lowest BCUT2D eigenvalue weighted by Crippen LogP contribution is -2.54. The van der Waals surface area contributed by atoms with Crippen LogP contribution >= 0.6 is 0 Å². The highest BCUT2D eigenvalue weighted by Crippen LogP contribution is 2.37. The van der Waals surface area contributed by atoms with Crippen LogP contribution in [-0.2, 0) is 4.79 Å². The predicted molar refractivity (Wildman–Crippen MR) is 62.8 cm³/mol. The van der Waals surface area contributed by atoms with Crippen molar-refractivity contribution in [1.82, 2.24) is 5.32 Å². The first-order valence-electron chi connectivity index (χ1n) is 6.33. The van der Waals surface area contributed by atoms with Crippen LogP contribution in [0.3, 0.4) is 0 Å². The zero-order valence-electron chi connectivity index (χ0n) is 10.8. The second kappa shape index (κ2) is 5.47. The summed E-state index contributed by atoms with van der Waals surface area (Å²) in [5.74, 6) is -1.67. The van der Waals surface area contributed by atoms with Gasteiger partial charge in [-0.2, -0.15) is 13.2 Å². The van der Waals surface area contributed by atoms with Crippen LogP contribution in [0.1, 0.15) is 46.0 Å². The monoisotopic (exact) mass is 266 g/mol. The SMILES string of the molecule is CCC(C)(N)C(=O)NC1CCCC(C(F)(F)F)C1. The molecule has 0 saturated heterocycles. The molecule has 0 spiro atoms. The molecule has 0 radical (unpaired) electrons. The van der Waals surface area contributed by atoms with Crippen molar-refractivity contribution in [3.05, 3.63) is 0 Å². The Morgan fingerprint density at radius 2 is 2.00 bits per heavy atom. The molecule has 3 atom stereocenters. The Morgan fingerprint density at radius 1 is 1.39 bits per heavy atom. The number of rotatable bonds is 3. The molecular formula is C12H21F3N2O. The van der Waals surface area contributed by atoms with Crippen molar-refractivity contribution in [3.63, 3.8) is 0 Å². The molecular weight excluding hydrogens is 245 g/mol. The number of halogens is 3. The topological polar surface area (TPSA) is 55.1 Å². The first kappa shape index (κ1) is 15.3.